The first-order valence-corrected chi connectivity index (χ1v) is 9.49. The first-order chi connectivity index (χ1) is 13.3. The number of sulfonamides is 1. The third kappa shape index (κ3) is 4.24. The van der Waals surface area contributed by atoms with Crippen molar-refractivity contribution in [1.82, 2.24) is 14.4 Å². The van der Waals surface area contributed by atoms with E-state index in [-0.39, 0.29) is 34.6 Å². The van der Waals surface area contributed by atoms with Gasteiger partial charge in [0.15, 0.2) is 6.61 Å². The van der Waals surface area contributed by atoms with Gasteiger partial charge in [0.2, 0.25) is 15.8 Å². The van der Waals surface area contributed by atoms with Crippen LogP contribution in [0.15, 0.2) is 57.9 Å². The summed E-state index contributed by atoms with van der Waals surface area (Å²) in [6.07, 6.45) is 0. The van der Waals surface area contributed by atoms with Gasteiger partial charge < -0.3 is 9.26 Å². The number of carbonyl (C=O) groups is 1. The smallest absolute Gasteiger partial charge is 0.338 e. The molecule has 3 rings (SSSR count). The molecule has 1 heterocycles. The van der Waals surface area contributed by atoms with Gasteiger partial charge in [-0.25, -0.2) is 21.9 Å². The van der Waals surface area contributed by atoms with E-state index < -0.39 is 16.0 Å². The molecule has 0 aliphatic heterocycles. The summed E-state index contributed by atoms with van der Waals surface area (Å²) in [4.78, 5) is 16.3. The summed E-state index contributed by atoms with van der Waals surface area (Å²) in [7, 11) is -0.878. The molecule has 10 heteroatoms. The van der Waals surface area contributed by atoms with Crippen molar-refractivity contribution in [3.8, 4) is 11.4 Å². The predicted octanol–water partition coefficient (Wildman–Crippen LogP) is 2.48. The van der Waals surface area contributed by atoms with Gasteiger partial charge >= 0.3 is 5.97 Å². The summed E-state index contributed by atoms with van der Waals surface area (Å²) >= 11 is 0. The highest BCUT2D eigenvalue weighted by molar-refractivity contribution is 7.89. The molecule has 0 aliphatic carbocycles. The van der Waals surface area contributed by atoms with Crippen molar-refractivity contribution in [3.05, 3.63) is 65.8 Å². The number of hydrogen-bond donors (Lipinski definition) is 0. The van der Waals surface area contributed by atoms with Gasteiger partial charge in [-0.05, 0) is 42.5 Å². The Labute approximate surface area is 160 Å². The number of aromatic nitrogens is 2. The Balaban J connectivity index is 1.69. The van der Waals surface area contributed by atoms with E-state index in [1.807, 2.05) is 0 Å². The molecule has 146 valence electrons. The van der Waals surface area contributed by atoms with Crippen LogP contribution in [0.5, 0.6) is 0 Å². The second kappa shape index (κ2) is 7.87. The van der Waals surface area contributed by atoms with Crippen molar-refractivity contribution < 1.29 is 26.9 Å². The van der Waals surface area contributed by atoms with E-state index in [0.29, 0.717) is 5.56 Å². The second-order valence-electron chi connectivity index (χ2n) is 5.91. The van der Waals surface area contributed by atoms with Crippen LogP contribution in [0.1, 0.15) is 16.2 Å². The monoisotopic (exact) mass is 405 g/mol. The Bertz CT molecular complexity index is 1090. The summed E-state index contributed by atoms with van der Waals surface area (Å²) < 4.78 is 48.5. The number of rotatable bonds is 6. The first kappa shape index (κ1) is 19.6. The highest BCUT2D eigenvalue weighted by atomic mass is 32.2. The zero-order valence-electron chi connectivity index (χ0n) is 15.0. The van der Waals surface area contributed by atoms with Crippen LogP contribution in [0.2, 0.25) is 0 Å². The molecule has 0 spiro atoms. The molecule has 0 fully saturated rings. The van der Waals surface area contributed by atoms with Crippen molar-refractivity contribution in [3.63, 3.8) is 0 Å². The summed E-state index contributed by atoms with van der Waals surface area (Å²) in [5, 5.41) is 3.75. The minimum absolute atomic E-state index is 0.0247. The highest BCUT2D eigenvalue weighted by Crippen LogP contribution is 2.18. The van der Waals surface area contributed by atoms with Crippen LogP contribution in [0.3, 0.4) is 0 Å². The molecule has 2 aromatic carbocycles. The number of carbonyl (C=O) groups excluding carboxylic acids is 1. The fourth-order valence-corrected chi connectivity index (χ4v) is 3.18. The van der Waals surface area contributed by atoms with Crippen LogP contribution in [0.25, 0.3) is 11.4 Å². The molecule has 0 saturated heterocycles. The van der Waals surface area contributed by atoms with Gasteiger partial charge in [-0.3, -0.25) is 0 Å². The van der Waals surface area contributed by atoms with Crippen molar-refractivity contribution in [2.45, 2.75) is 11.5 Å². The Hall–Kier alpha value is -3.11. The molecule has 0 aliphatic rings. The maximum absolute atomic E-state index is 13.0. The van der Waals surface area contributed by atoms with Gasteiger partial charge in [-0.15, -0.1) is 0 Å². The second-order valence-corrected chi connectivity index (χ2v) is 8.06. The quantitative estimate of drug-likeness (QED) is 0.581. The molecule has 0 saturated carbocycles. The van der Waals surface area contributed by atoms with Crippen molar-refractivity contribution in [2.75, 3.05) is 14.1 Å². The SMILES string of the molecule is CN(C)S(=O)(=O)c1cccc(C(=O)OCc2nc(-c3ccc(F)cc3)no2)c1. The molecule has 28 heavy (non-hydrogen) atoms. The van der Waals surface area contributed by atoms with Crippen LogP contribution in [0, 0.1) is 5.82 Å². The number of hydrogen-bond acceptors (Lipinski definition) is 7. The van der Waals surface area contributed by atoms with E-state index in [4.69, 9.17) is 9.26 Å². The lowest BCUT2D eigenvalue weighted by Crippen LogP contribution is -2.22. The fourth-order valence-electron chi connectivity index (χ4n) is 2.23. The predicted molar refractivity (Wildman–Crippen MR) is 96.1 cm³/mol. The van der Waals surface area contributed by atoms with E-state index >= 15 is 0 Å². The van der Waals surface area contributed by atoms with Gasteiger partial charge in [0.05, 0.1) is 10.5 Å². The molecule has 0 radical (unpaired) electrons. The van der Waals surface area contributed by atoms with Crippen LogP contribution < -0.4 is 0 Å². The average Bonchev–Trinajstić information content (AvgIpc) is 3.15. The minimum Gasteiger partial charge on any atom is -0.452 e. The number of ether oxygens (including phenoxy) is 1. The largest absolute Gasteiger partial charge is 0.452 e. The molecule has 3 aromatic rings. The molecular weight excluding hydrogens is 389 g/mol. The molecule has 0 unspecified atom stereocenters. The zero-order valence-corrected chi connectivity index (χ0v) is 15.8. The van der Waals surface area contributed by atoms with Crippen LogP contribution in [-0.4, -0.2) is 42.9 Å². The van der Waals surface area contributed by atoms with Gasteiger partial charge in [0.25, 0.3) is 5.89 Å². The van der Waals surface area contributed by atoms with Crippen LogP contribution in [0.4, 0.5) is 4.39 Å². The third-order valence-corrected chi connectivity index (χ3v) is 5.56. The minimum atomic E-state index is -3.67. The average molecular weight is 405 g/mol. The maximum atomic E-state index is 13.0. The highest BCUT2D eigenvalue weighted by Gasteiger charge is 2.19. The number of nitrogens with zero attached hydrogens (tertiary/aromatic N) is 3. The summed E-state index contributed by atoms with van der Waals surface area (Å²) in [5.74, 6) is -0.855. The zero-order chi connectivity index (χ0) is 20.3. The number of benzene rings is 2. The summed E-state index contributed by atoms with van der Waals surface area (Å²) in [6.45, 7) is -0.294. The first-order valence-electron chi connectivity index (χ1n) is 8.05. The number of esters is 1. The van der Waals surface area contributed by atoms with Crippen molar-refractivity contribution >= 4 is 16.0 Å². The molecular formula is C18H16FN3O5S. The van der Waals surface area contributed by atoms with Crippen molar-refractivity contribution in [1.29, 1.82) is 0 Å². The van der Waals surface area contributed by atoms with E-state index in [0.717, 1.165) is 4.31 Å². The van der Waals surface area contributed by atoms with E-state index in [9.17, 15) is 17.6 Å². The van der Waals surface area contributed by atoms with Gasteiger partial charge in [-0.2, -0.15) is 4.98 Å². The number of halogens is 1. The van der Waals surface area contributed by atoms with Crippen molar-refractivity contribution in [2.24, 2.45) is 0 Å². The van der Waals surface area contributed by atoms with Gasteiger partial charge in [-0.1, -0.05) is 11.2 Å². The lowest BCUT2D eigenvalue weighted by atomic mass is 10.2. The van der Waals surface area contributed by atoms with E-state index in [2.05, 4.69) is 10.1 Å². The molecule has 0 atom stereocenters. The maximum Gasteiger partial charge on any atom is 0.338 e. The summed E-state index contributed by atoms with van der Waals surface area (Å²) in [5.41, 5.74) is 0.616. The topological polar surface area (TPSA) is 103 Å². The third-order valence-electron chi connectivity index (χ3n) is 3.75. The van der Waals surface area contributed by atoms with Gasteiger partial charge in [0, 0.05) is 19.7 Å². The Morgan fingerprint density at radius 1 is 1.18 bits per heavy atom. The van der Waals surface area contributed by atoms with Crippen LogP contribution in [-0.2, 0) is 21.4 Å². The lowest BCUT2D eigenvalue weighted by molar-refractivity contribution is 0.0429. The fraction of sp³-hybridized carbons (Fsp3) is 0.167. The van der Waals surface area contributed by atoms with E-state index in [1.165, 1.54) is 62.6 Å². The Morgan fingerprint density at radius 3 is 2.57 bits per heavy atom. The Kier molecular flexibility index (Phi) is 5.52. The molecule has 1 aromatic heterocycles. The summed E-state index contributed by atoms with van der Waals surface area (Å²) in [6, 6.07) is 11.0. The van der Waals surface area contributed by atoms with Gasteiger partial charge in [0.1, 0.15) is 5.82 Å². The van der Waals surface area contributed by atoms with E-state index in [1.54, 1.807) is 0 Å². The molecule has 0 bridgehead atoms. The Morgan fingerprint density at radius 2 is 1.89 bits per heavy atom. The van der Waals surface area contributed by atoms with Crippen LogP contribution >= 0.6 is 0 Å². The standard InChI is InChI=1S/C18H16FN3O5S/c1-22(2)28(24,25)15-5-3-4-13(10-15)18(23)26-11-16-20-17(21-27-16)12-6-8-14(19)9-7-12/h3-10H,11H2,1-2H3. The molecule has 8 nitrogen and oxygen atoms in total. The lowest BCUT2D eigenvalue weighted by Gasteiger charge is -2.11. The molecule has 0 N–H and O–H groups in total. The normalized spacial score (nSPS) is 11.6. The molecule has 0 amide bonds.